The summed E-state index contributed by atoms with van der Waals surface area (Å²) in [6.45, 7) is 1.86. The number of benzene rings is 2. The number of rotatable bonds is 6. The highest BCUT2D eigenvalue weighted by atomic mass is 32.2. The molecule has 0 unspecified atom stereocenters. The second kappa shape index (κ2) is 7.67. The molecule has 0 aliphatic carbocycles. The first-order valence-electron chi connectivity index (χ1n) is 7.73. The van der Waals surface area contributed by atoms with Crippen LogP contribution in [-0.2, 0) is 10.0 Å². The van der Waals surface area contributed by atoms with Gasteiger partial charge in [0, 0.05) is 25.2 Å². The molecule has 1 amide bonds. The summed E-state index contributed by atoms with van der Waals surface area (Å²) in [4.78, 5) is 12.6. The van der Waals surface area contributed by atoms with Gasteiger partial charge >= 0.3 is 0 Å². The van der Waals surface area contributed by atoms with E-state index in [1.165, 1.54) is 38.4 Å². The van der Waals surface area contributed by atoms with Gasteiger partial charge in [-0.1, -0.05) is 18.2 Å². The number of sulfonamides is 1. The van der Waals surface area contributed by atoms with Crippen LogP contribution in [0.2, 0.25) is 0 Å². The molecule has 2 rings (SSSR count). The topological polar surface area (TPSA) is 75.7 Å². The van der Waals surface area contributed by atoms with Crippen LogP contribution in [0.1, 0.15) is 28.9 Å². The van der Waals surface area contributed by atoms with Gasteiger partial charge in [0.05, 0.1) is 18.0 Å². The van der Waals surface area contributed by atoms with Gasteiger partial charge in [-0.2, -0.15) is 0 Å². The number of carbonyl (C=O) groups excluding carboxylic acids is 1. The molecule has 25 heavy (non-hydrogen) atoms. The highest BCUT2D eigenvalue weighted by molar-refractivity contribution is 7.89. The van der Waals surface area contributed by atoms with E-state index in [9.17, 15) is 13.2 Å². The minimum Gasteiger partial charge on any atom is -0.496 e. The summed E-state index contributed by atoms with van der Waals surface area (Å²) >= 11 is 0. The van der Waals surface area contributed by atoms with E-state index in [0.29, 0.717) is 11.3 Å². The number of carbonyl (C=O) groups is 1. The van der Waals surface area contributed by atoms with Gasteiger partial charge in [0.25, 0.3) is 5.91 Å². The second-order valence-corrected chi connectivity index (χ2v) is 7.90. The molecule has 0 radical (unpaired) electrons. The van der Waals surface area contributed by atoms with Crippen LogP contribution in [0.5, 0.6) is 5.75 Å². The van der Waals surface area contributed by atoms with E-state index in [0.717, 1.165) is 9.87 Å². The van der Waals surface area contributed by atoms with E-state index < -0.39 is 10.0 Å². The van der Waals surface area contributed by atoms with Gasteiger partial charge < -0.3 is 10.1 Å². The van der Waals surface area contributed by atoms with E-state index >= 15 is 0 Å². The fourth-order valence-electron chi connectivity index (χ4n) is 2.37. The van der Waals surface area contributed by atoms with Crippen molar-refractivity contribution in [3.63, 3.8) is 0 Å². The van der Waals surface area contributed by atoms with Crippen molar-refractivity contribution in [1.82, 2.24) is 9.62 Å². The molecule has 0 aliphatic rings. The number of nitrogens with zero attached hydrogens (tertiary/aromatic N) is 1. The maximum absolute atomic E-state index is 12.4. The molecule has 1 N–H and O–H groups in total. The molecule has 0 spiro atoms. The quantitative estimate of drug-likeness (QED) is 0.856. The zero-order valence-corrected chi connectivity index (χ0v) is 15.5. The average Bonchev–Trinajstić information content (AvgIpc) is 2.61. The molecule has 2 aromatic rings. The normalized spacial score (nSPS) is 12.7. The summed E-state index contributed by atoms with van der Waals surface area (Å²) < 4.78 is 30.6. The zero-order chi connectivity index (χ0) is 18.6. The van der Waals surface area contributed by atoms with E-state index in [4.69, 9.17) is 4.74 Å². The Labute approximate surface area is 148 Å². The molecule has 134 valence electrons. The number of hydrogen-bond acceptors (Lipinski definition) is 4. The van der Waals surface area contributed by atoms with Crippen LogP contribution in [0.3, 0.4) is 0 Å². The van der Waals surface area contributed by atoms with Crippen molar-refractivity contribution in [3.05, 3.63) is 59.7 Å². The van der Waals surface area contributed by atoms with Gasteiger partial charge in [0.1, 0.15) is 5.75 Å². The zero-order valence-electron chi connectivity index (χ0n) is 14.7. The summed E-state index contributed by atoms with van der Waals surface area (Å²) in [5.41, 5.74) is 1.25. The van der Waals surface area contributed by atoms with Gasteiger partial charge in [-0.05, 0) is 37.3 Å². The van der Waals surface area contributed by atoms with Crippen LogP contribution in [0.4, 0.5) is 0 Å². The SMILES string of the molecule is COc1ccccc1[C@H](C)NC(=O)c1ccc(S(=O)(=O)N(C)C)cc1. The lowest BCUT2D eigenvalue weighted by Gasteiger charge is -2.17. The van der Waals surface area contributed by atoms with Crippen LogP contribution in [0.15, 0.2) is 53.4 Å². The Hall–Kier alpha value is -2.38. The Kier molecular flexibility index (Phi) is 5.81. The Morgan fingerprint density at radius 1 is 1.08 bits per heavy atom. The van der Waals surface area contributed by atoms with Gasteiger partial charge in [-0.15, -0.1) is 0 Å². The molecule has 7 heteroatoms. The lowest BCUT2D eigenvalue weighted by Crippen LogP contribution is -2.27. The molecule has 0 heterocycles. The van der Waals surface area contributed by atoms with Gasteiger partial charge in [-0.3, -0.25) is 4.79 Å². The summed E-state index contributed by atoms with van der Waals surface area (Å²) in [5.74, 6) is 0.412. The summed E-state index contributed by atoms with van der Waals surface area (Å²) in [6, 6.07) is 13.1. The third-order valence-corrected chi connectivity index (χ3v) is 5.68. The maximum Gasteiger partial charge on any atom is 0.251 e. The number of methoxy groups -OCH3 is 1. The number of nitrogens with one attached hydrogen (secondary N) is 1. The van der Waals surface area contributed by atoms with Crippen molar-refractivity contribution in [3.8, 4) is 5.75 Å². The van der Waals surface area contributed by atoms with Crippen molar-refractivity contribution in [2.45, 2.75) is 17.9 Å². The number of amides is 1. The molecular weight excluding hydrogens is 340 g/mol. The fourth-order valence-corrected chi connectivity index (χ4v) is 3.27. The van der Waals surface area contributed by atoms with Gasteiger partial charge in [0.2, 0.25) is 10.0 Å². The van der Waals surface area contributed by atoms with Crippen LogP contribution in [0, 0.1) is 0 Å². The molecule has 0 aliphatic heterocycles. The lowest BCUT2D eigenvalue weighted by atomic mass is 10.1. The van der Waals surface area contributed by atoms with Crippen LogP contribution in [-0.4, -0.2) is 39.8 Å². The first kappa shape index (κ1) is 19.0. The average molecular weight is 362 g/mol. The first-order chi connectivity index (χ1) is 11.8. The van der Waals surface area contributed by atoms with Crippen molar-refractivity contribution < 1.29 is 17.9 Å². The molecule has 0 saturated carbocycles. The van der Waals surface area contributed by atoms with Crippen molar-refractivity contribution in [1.29, 1.82) is 0 Å². The van der Waals surface area contributed by atoms with Crippen molar-refractivity contribution >= 4 is 15.9 Å². The van der Waals surface area contributed by atoms with E-state index in [1.54, 1.807) is 7.11 Å². The second-order valence-electron chi connectivity index (χ2n) is 5.75. The molecule has 2 aromatic carbocycles. The highest BCUT2D eigenvalue weighted by Crippen LogP contribution is 2.24. The maximum atomic E-state index is 12.4. The largest absolute Gasteiger partial charge is 0.496 e. The fraction of sp³-hybridized carbons (Fsp3) is 0.278. The Morgan fingerprint density at radius 3 is 2.24 bits per heavy atom. The highest BCUT2D eigenvalue weighted by Gasteiger charge is 2.19. The van der Waals surface area contributed by atoms with Crippen molar-refractivity contribution in [2.75, 3.05) is 21.2 Å². The van der Waals surface area contributed by atoms with Crippen LogP contribution >= 0.6 is 0 Å². The molecule has 0 aromatic heterocycles. The minimum absolute atomic E-state index is 0.145. The molecular formula is C18H22N2O4S. The Morgan fingerprint density at radius 2 is 1.68 bits per heavy atom. The first-order valence-corrected chi connectivity index (χ1v) is 9.17. The van der Waals surface area contributed by atoms with Crippen molar-refractivity contribution in [2.24, 2.45) is 0 Å². The predicted molar refractivity (Wildman–Crippen MR) is 96.2 cm³/mol. The van der Waals surface area contributed by atoms with Crippen LogP contribution in [0.25, 0.3) is 0 Å². The lowest BCUT2D eigenvalue weighted by molar-refractivity contribution is 0.0939. The number of ether oxygens (including phenoxy) is 1. The third-order valence-electron chi connectivity index (χ3n) is 3.85. The Bertz CT molecular complexity index is 846. The van der Waals surface area contributed by atoms with E-state index in [-0.39, 0.29) is 16.8 Å². The monoisotopic (exact) mass is 362 g/mol. The smallest absolute Gasteiger partial charge is 0.251 e. The summed E-state index contributed by atoms with van der Waals surface area (Å²) in [7, 11) is 0.998. The molecule has 0 fully saturated rings. The minimum atomic E-state index is -3.51. The van der Waals surface area contributed by atoms with Gasteiger partial charge in [-0.25, -0.2) is 12.7 Å². The molecule has 6 nitrogen and oxygen atoms in total. The Balaban J connectivity index is 2.16. The summed E-state index contributed by atoms with van der Waals surface area (Å²) in [5, 5.41) is 2.89. The standard InChI is InChI=1S/C18H22N2O4S/c1-13(16-7-5-6-8-17(16)24-4)19-18(21)14-9-11-15(12-10-14)25(22,23)20(2)3/h5-13H,1-4H3,(H,19,21)/t13-/m0/s1. The number of hydrogen-bond donors (Lipinski definition) is 1. The summed E-state index contributed by atoms with van der Waals surface area (Å²) in [6.07, 6.45) is 0. The van der Waals surface area contributed by atoms with Crippen LogP contribution < -0.4 is 10.1 Å². The molecule has 0 saturated heterocycles. The number of para-hydroxylation sites is 1. The van der Waals surface area contributed by atoms with Gasteiger partial charge in [0.15, 0.2) is 0 Å². The molecule has 1 atom stereocenters. The predicted octanol–water partition coefficient (Wildman–Crippen LogP) is 2.44. The van der Waals surface area contributed by atoms with E-state index in [1.807, 2.05) is 31.2 Å². The van der Waals surface area contributed by atoms with E-state index in [2.05, 4.69) is 5.32 Å². The molecule has 0 bridgehead atoms. The third kappa shape index (κ3) is 4.18.